The van der Waals surface area contributed by atoms with E-state index < -0.39 is 40.2 Å². The van der Waals surface area contributed by atoms with Gasteiger partial charge in [-0.2, -0.15) is 39.5 Å². The minimum absolute atomic E-state index is 0.223. The van der Waals surface area contributed by atoms with E-state index in [0.29, 0.717) is 0 Å². The average molecular weight is 366 g/mol. The highest BCUT2D eigenvalue weighted by Gasteiger charge is 2.83. The van der Waals surface area contributed by atoms with Crippen molar-refractivity contribution in [1.29, 1.82) is 0 Å². The van der Waals surface area contributed by atoms with E-state index in [2.05, 4.69) is 0 Å². The smallest absolute Gasteiger partial charge is 0.194 e. The summed E-state index contributed by atoms with van der Waals surface area (Å²) in [7, 11) is 0. The summed E-state index contributed by atoms with van der Waals surface area (Å²) in [4.78, 5) is -2.34. The summed E-state index contributed by atoms with van der Waals surface area (Å²) in [5, 5.41) is 0. The normalized spacial score (nSPS) is 22.5. The minimum Gasteiger partial charge on any atom is -0.194 e. The first kappa shape index (κ1) is 18.0. The van der Waals surface area contributed by atoms with Crippen LogP contribution in [-0.4, -0.2) is 23.9 Å². The van der Waals surface area contributed by atoms with Crippen LogP contribution in [0, 0.1) is 0 Å². The third-order valence-corrected chi connectivity index (χ3v) is 4.35. The van der Waals surface area contributed by atoms with Gasteiger partial charge in [-0.3, -0.25) is 0 Å². The first-order valence-electron chi connectivity index (χ1n) is 5.96. The van der Waals surface area contributed by atoms with Crippen LogP contribution in [0.4, 0.5) is 39.5 Å². The van der Waals surface area contributed by atoms with Crippen molar-refractivity contribution in [2.45, 2.75) is 29.7 Å². The number of benzene rings is 1. The number of thioether (sulfide) groups is 1. The van der Waals surface area contributed by atoms with Gasteiger partial charge >= 0.3 is 23.9 Å². The van der Waals surface area contributed by atoms with Crippen LogP contribution in [0.2, 0.25) is 0 Å². The summed E-state index contributed by atoms with van der Waals surface area (Å²) in [6.07, 6.45) is -6.01. The van der Waals surface area contributed by atoms with Crippen LogP contribution >= 0.6 is 11.8 Å². The first-order valence-corrected chi connectivity index (χ1v) is 6.94. The van der Waals surface area contributed by atoms with Gasteiger partial charge in [0.1, 0.15) is 5.57 Å². The number of allylic oxidation sites excluding steroid dienone is 2. The summed E-state index contributed by atoms with van der Waals surface area (Å²) in [6, 6.07) is 7.07. The Bertz CT molecular complexity index is 616. The summed E-state index contributed by atoms with van der Waals surface area (Å²) in [6.45, 7) is 0. The molecule has 0 atom stereocenters. The van der Waals surface area contributed by atoms with Crippen molar-refractivity contribution in [2.24, 2.45) is 0 Å². The molecule has 0 radical (unpaired) electrons. The molecule has 0 N–H and O–H groups in total. The molecular weight excluding hydrogens is 359 g/mol. The Morgan fingerprint density at radius 3 is 1.83 bits per heavy atom. The lowest BCUT2D eigenvalue weighted by Crippen LogP contribution is -2.50. The van der Waals surface area contributed by atoms with Crippen molar-refractivity contribution < 1.29 is 39.5 Å². The second kappa shape index (κ2) is 5.35. The van der Waals surface area contributed by atoms with E-state index in [1.165, 1.54) is 30.3 Å². The molecule has 0 saturated carbocycles. The molecule has 0 bridgehead atoms. The molecule has 10 heteroatoms. The molecule has 2 rings (SSSR count). The summed E-state index contributed by atoms with van der Waals surface area (Å²) < 4.78 is 118. The van der Waals surface area contributed by atoms with Crippen LogP contribution in [0.1, 0.15) is 5.56 Å². The fourth-order valence-electron chi connectivity index (χ4n) is 2.00. The lowest BCUT2D eigenvalue weighted by atomic mass is 10.1. The second-order valence-corrected chi connectivity index (χ2v) is 5.68. The van der Waals surface area contributed by atoms with Gasteiger partial charge < -0.3 is 0 Å². The number of hydrogen-bond donors (Lipinski definition) is 0. The molecule has 0 spiro atoms. The number of halogens is 9. The van der Waals surface area contributed by atoms with Gasteiger partial charge in [0.15, 0.2) is 0 Å². The minimum atomic E-state index is -6.15. The SMILES string of the molecule is FC(F)(F)C1=C(SCc2ccccc2)C(F)(F)C(F)(F)C1(F)F. The largest absolute Gasteiger partial charge is 0.419 e. The fourth-order valence-corrected chi connectivity index (χ4v) is 3.20. The Hall–Kier alpha value is -1.32. The molecule has 0 heterocycles. The van der Waals surface area contributed by atoms with Crippen LogP contribution in [0.15, 0.2) is 40.8 Å². The zero-order valence-electron chi connectivity index (χ0n) is 10.9. The van der Waals surface area contributed by atoms with E-state index in [1.54, 1.807) is 0 Å². The summed E-state index contributed by atoms with van der Waals surface area (Å²) in [5.41, 5.74) is -2.96. The molecule has 1 aromatic rings. The van der Waals surface area contributed by atoms with E-state index >= 15 is 0 Å². The van der Waals surface area contributed by atoms with E-state index in [4.69, 9.17) is 0 Å². The quantitative estimate of drug-likeness (QED) is 0.623. The van der Waals surface area contributed by atoms with E-state index in [1.807, 2.05) is 0 Å². The molecule has 23 heavy (non-hydrogen) atoms. The Morgan fingerprint density at radius 1 is 0.826 bits per heavy atom. The van der Waals surface area contributed by atoms with Crippen molar-refractivity contribution in [3.05, 3.63) is 46.4 Å². The lowest BCUT2D eigenvalue weighted by molar-refractivity contribution is -0.272. The third kappa shape index (κ3) is 2.70. The Morgan fingerprint density at radius 2 is 1.35 bits per heavy atom. The first-order chi connectivity index (χ1) is 10.3. The van der Waals surface area contributed by atoms with E-state index in [-0.39, 0.29) is 17.3 Å². The maximum Gasteiger partial charge on any atom is 0.419 e. The number of hydrogen-bond acceptors (Lipinski definition) is 1. The number of rotatable bonds is 3. The van der Waals surface area contributed by atoms with E-state index in [0.717, 1.165) is 0 Å². The standard InChI is InChI=1S/C13H7F9S/c14-10(15)8(12(18,19)20)9(11(16,17)13(10,21)22)23-6-7-4-2-1-3-5-7/h1-5H,6H2. The highest BCUT2D eigenvalue weighted by molar-refractivity contribution is 8.02. The molecule has 1 aliphatic rings. The zero-order chi connectivity index (χ0) is 17.7. The molecular formula is C13H7F9S. The van der Waals surface area contributed by atoms with Crippen molar-refractivity contribution in [2.75, 3.05) is 0 Å². The van der Waals surface area contributed by atoms with Crippen LogP contribution in [0.5, 0.6) is 0 Å². The van der Waals surface area contributed by atoms with Gasteiger partial charge in [-0.25, -0.2) is 0 Å². The van der Waals surface area contributed by atoms with Gasteiger partial charge in [-0.05, 0) is 5.56 Å². The van der Waals surface area contributed by atoms with Gasteiger partial charge in [0, 0.05) is 5.75 Å². The molecule has 1 aromatic carbocycles. The van der Waals surface area contributed by atoms with Crippen molar-refractivity contribution in [3.8, 4) is 0 Å². The topological polar surface area (TPSA) is 0 Å². The fraction of sp³-hybridized carbons (Fsp3) is 0.385. The van der Waals surface area contributed by atoms with Gasteiger partial charge in [-0.1, -0.05) is 30.3 Å². The highest BCUT2D eigenvalue weighted by Crippen LogP contribution is 2.65. The Kier molecular flexibility index (Phi) is 4.20. The molecule has 0 fully saturated rings. The number of alkyl halides is 9. The van der Waals surface area contributed by atoms with Gasteiger partial charge in [-0.15, -0.1) is 11.8 Å². The molecule has 128 valence electrons. The van der Waals surface area contributed by atoms with Gasteiger partial charge in [0.05, 0.1) is 4.91 Å². The summed E-state index contributed by atoms with van der Waals surface area (Å²) in [5.74, 6) is -18.4. The van der Waals surface area contributed by atoms with E-state index in [9.17, 15) is 39.5 Å². The van der Waals surface area contributed by atoms with Crippen molar-refractivity contribution in [1.82, 2.24) is 0 Å². The predicted molar refractivity (Wildman–Crippen MR) is 65.7 cm³/mol. The molecule has 0 saturated heterocycles. The maximum atomic E-state index is 13.6. The van der Waals surface area contributed by atoms with Crippen LogP contribution in [0.3, 0.4) is 0 Å². The van der Waals surface area contributed by atoms with Gasteiger partial charge in [0.2, 0.25) is 0 Å². The lowest BCUT2D eigenvalue weighted by Gasteiger charge is -2.25. The molecule has 0 nitrogen and oxygen atoms in total. The predicted octanol–water partition coefficient (Wildman–Crippen LogP) is 5.66. The second-order valence-electron chi connectivity index (χ2n) is 4.70. The third-order valence-electron chi connectivity index (χ3n) is 3.12. The Balaban J connectivity index is 2.49. The monoisotopic (exact) mass is 366 g/mol. The van der Waals surface area contributed by atoms with Crippen molar-refractivity contribution in [3.63, 3.8) is 0 Å². The molecule has 0 amide bonds. The molecule has 1 aliphatic carbocycles. The van der Waals surface area contributed by atoms with Crippen LogP contribution < -0.4 is 0 Å². The maximum absolute atomic E-state index is 13.6. The summed E-state index contributed by atoms with van der Waals surface area (Å²) >= 11 is -0.367. The Labute approximate surface area is 128 Å². The zero-order valence-corrected chi connectivity index (χ0v) is 11.7. The molecule has 0 unspecified atom stereocenters. The van der Waals surface area contributed by atoms with Crippen molar-refractivity contribution >= 4 is 11.8 Å². The average Bonchev–Trinajstić information content (AvgIpc) is 2.52. The molecule has 0 aromatic heterocycles. The van der Waals surface area contributed by atoms with Crippen LogP contribution in [-0.2, 0) is 5.75 Å². The van der Waals surface area contributed by atoms with Gasteiger partial charge in [0.25, 0.3) is 0 Å². The van der Waals surface area contributed by atoms with Crippen LogP contribution in [0.25, 0.3) is 0 Å². The highest BCUT2D eigenvalue weighted by atomic mass is 32.2. The molecule has 0 aliphatic heterocycles.